The Kier molecular flexibility index (Phi) is 6.22. The quantitative estimate of drug-likeness (QED) is 0.517. The molecule has 0 heteroatoms. The third-order valence-electron chi connectivity index (χ3n) is 2.17. The fourth-order valence-corrected chi connectivity index (χ4v) is 1.38. The molecule has 0 aromatic carbocycles. The van der Waals surface area contributed by atoms with E-state index in [1.165, 1.54) is 32.1 Å². The van der Waals surface area contributed by atoms with Gasteiger partial charge in [0, 0.05) is 0 Å². The van der Waals surface area contributed by atoms with Crippen LogP contribution in [0.25, 0.3) is 0 Å². The predicted octanol–water partition coefficient (Wildman–Crippen LogP) is 4.21. The molecule has 0 amide bonds. The molecule has 1 aliphatic carbocycles. The molecule has 0 aliphatic heterocycles. The molecular formula is C13H19. The number of hydrogen-bond acceptors (Lipinski definition) is 0. The third kappa shape index (κ3) is 6.39. The van der Waals surface area contributed by atoms with Crippen LogP contribution in [0.2, 0.25) is 0 Å². The van der Waals surface area contributed by atoms with Gasteiger partial charge in [-0.2, -0.15) is 0 Å². The molecule has 0 saturated heterocycles. The van der Waals surface area contributed by atoms with Crippen molar-refractivity contribution in [1.29, 1.82) is 0 Å². The molecule has 1 rings (SSSR count). The van der Waals surface area contributed by atoms with Gasteiger partial charge in [0.05, 0.1) is 0 Å². The van der Waals surface area contributed by atoms with Crippen LogP contribution in [0.15, 0.2) is 36.5 Å². The first-order chi connectivity index (χ1) is 6.50. The van der Waals surface area contributed by atoms with Gasteiger partial charge in [-0.3, -0.25) is 0 Å². The van der Waals surface area contributed by atoms with Gasteiger partial charge in [-0.25, -0.2) is 0 Å². The monoisotopic (exact) mass is 175 g/mol. The Bertz CT molecular complexity index is 184. The molecule has 0 unspecified atom stereocenters. The van der Waals surface area contributed by atoms with Gasteiger partial charge in [-0.1, -0.05) is 49.3 Å². The third-order valence-corrected chi connectivity index (χ3v) is 2.17. The first-order valence-corrected chi connectivity index (χ1v) is 5.30. The Labute approximate surface area is 82.0 Å². The minimum Gasteiger partial charge on any atom is -0.0845 e. The number of allylic oxidation sites excluding steroid dienone is 6. The van der Waals surface area contributed by atoms with Crippen LogP contribution in [0, 0.1) is 6.42 Å². The van der Waals surface area contributed by atoms with E-state index >= 15 is 0 Å². The average Bonchev–Trinajstić information content (AvgIpc) is 2.18. The van der Waals surface area contributed by atoms with Crippen molar-refractivity contribution in [3.63, 3.8) is 0 Å². The van der Waals surface area contributed by atoms with Crippen LogP contribution in [0.5, 0.6) is 0 Å². The summed E-state index contributed by atoms with van der Waals surface area (Å²) in [6.45, 7) is 0. The van der Waals surface area contributed by atoms with E-state index in [1.54, 1.807) is 0 Å². The van der Waals surface area contributed by atoms with E-state index in [0.717, 1.165) is 6.42 Å². The molecule has 0 fully saturated rings. The van der Waals surface area contributed by atoms with Crippen LogP contribution in [-0.2, 0) is 0 Å². The Morgan fingerprint density at radius 1 is 0.615 bits per heavy atom. The van der Waals surface area contributed by atoms with Crippen molar-refractivity contribution in [2.24, 2.45) is 0 Å². The van der Waals surface area contributed by atoms with Gasteiger partial charge in [0.1, 0.15) is 0 Å². The number of rotatable bonds is 0. The zero-order chi connectivity index (χ0) is 9.19. The Balaban J connectivity index is 2.29. The zero-order valence-corrected chi connectivity index (χ0v) is 8.28. The molecule has 0 aromatic heterocycles. The van der Waals surface area contributed by atoms with Crippen molar-refractivity contribution >= 4 is 0 Å². The highest BCUT2D eigenvalue weighted by Gasteiger charge is 1.87. The summed E-state index contributed by atoms with van der Waals surface area (Å²) in [4.78, 5) is 0. The molecular weight excluding hydrogens is 156 g/mol. The first kappa shape index (κ1) is 10.3. The highest BCUT2D eigenvalue weighted by atomic mass is 13.9. The molecule has 71 valence electrons. The standard InChI is InChI=1S/C13H19/c1-2-4-6-8-10-12-13-11-9-7-5-3-1/h1-4,7,9,11H,5-6,8,10,12-13H2/b3-1+,4-2-,9-7+. The fourth-order valence-electron chi connectivity index (χ4n) is 1.38. The van der Waals surface area contributed by atoms with Crippen LogP contribution in [0.1, 0.15) is 38.5 Å². The van der Waals surface area contributed by atoms with Crippen molar-refractivity contribution in [2.75, 3.05) is 0 Å². The van der Waals surface area contributed by atoms with Crippen molar-refractivity contribution in [3.8, 4) is 0 Å². The number of hydrogen-bond donors (Lipinski definition) is 0. The van der Waals surface area contributed by atoms with Gasteiger partial charge < -0.3 is 0 Å². The van der Waals surface area contributed by atoms with Crippen molar-refractivity contribution in [1.82, 2.24) is 0 Å². The second-order valence-corrected chi connectivity index (χ2v) is 3.39. The summed E-state index contributed by atoms with van der Waals surface area (Å²) in [5.74, 6) is 0. The molecule has 0 aromatic rings. The summed E-state index contributed by atoms with van der Waals surface area (Å²) in [5, 5.41) is 0. The van der Waals surface area contributed by atoms with E-state index < -0.39 is 0 Å². The Morgan fingerprint density at radius 3 is 2.38 bits per heavy atom. The molecule has 0 saturated carbocycles. The van der Waals surface area contributed by atoms with Crippen molar-refractivity contribution in [2.45, 2.75) is 38.5 Å². The minimum absolute atomic E-state index is 1.06. The Morgan fingerprint density at radius 2 is 1.38 bits per heavy atom. The van der Waals surface area contributed by atoms with Crippen LogP contribution in [0.4, 0.5) is 0 Å². The molecule has 0 spiro atoms. The lowest BCUT2D eigenvalue weighted by atomic mass is 10.1. The summed E-state index contributed by atoms with van der Waals surface area (Å²) in [5.41, 5.74) is 0. The Hall–Kier alpha value is -0.780. The maximum Gasteiger partial charge on any atom is -0.0166 e. The van der Waals surface area contributed by atoms with Gasteiger partial charge >= 0.3 is 0 Å². The highest BCUT2D eigenvalue weighted by Crippen LogP contribution is 2.06. The first-order valence-electron chi connectivity index (χ1n) is 5.30. The molecule has 0 nitrogen and oxygen atoms in total. The lowest BCUT2D eigenvalue weighted by Gasteiger charge is -1.95. The largest absolute Gasteiger partial charge is 0.0845 e. The molecule has 0 bridgehead atoms. The zero-order valence-electron chi connectivity index (χ0n) is 8.28. The normalized spacial score (nSPS) is 27.7. The maximum absolute atomic E-state index is 2.28. The topological polar surface area (TPSA) is 0 Å². The molecule has 0 atom stereocenters. The lowest BCUT2D eigenvalue weighted by molar-refractivity contribution is 0.687. The van der Waals surface area contributed by atoms with E-state index in [0.29, 0.717) is 0 Å². The van der Waals surface area contributed by atoms with E-state index in [9.17, 15) is 0 Å². The van der Waals surface area contributed by atoms with Gasteiger partial charge in [-0.05, 0) is 32.1 Å². The van der Waals surface area contributed by atoms with Crippen molar-refractivity contribution in [3.05, 3.63) is 42.9 Å². The molecule has 0 N–H and O–H groups in total. The van der Waals surface area contributed by atoms with E-state index in [-0.39, 0.29) is 0 Å². The smallest absolute Gasteiger partial charge is 0.0166 e. The second-order valence-electron chi connectivity index (χ2n) is 3.39. The fraction of sp³-hybridized carbons (Fsp3) is 0.462. The maximum atomic E-state index is 2.28. The van der Waals surface area contributed by atoms with Crippen molar-refractivity contribution < 1.29 is 0 Å². The average molecular weight is 175 g/mol. The summed E-state index contributed by atoms with van der Waals surface area (Å²) in [7, 11) is 0. The molecule has 1 aliphatic rings. The highest BCUT2D eigenvalue weighted by molar-refractivity contribution is 5.06. The molecule has 0 heterocycles. The van der Waals surface area contributed by atoms with Gasteiger partial charge in [0.25, 0.3) is 0 Å². The van der Waals surface area contributed by atoms with Gasteiger partial charge in [0.2, 0.25) is 0 Å². The van der Waals surface area contributed by atoms with Crippen LogP contribution >= 0.6 is 0 Å². The minimum atomic E-state index is 1.06. The predicted molar refractivity (Wildman–Crippen MR) is 59.4 cm³/mol. The lowest BCUT2D eigenvalue weighted by Crippen LogP contribution is -1.76. The summed E-state index contributed by atoms with van der Waals surface area (Å²) in [6, 6.07) is 0. The van der Waals surface area contributed by atoms with E-state index in [2.05, 4.69) is 42.9 Å². The van der Waals surface area contributed by atoms with E-state index in [4.69, 9.17) is 0 Å². The van der Waals surface area contributed by atoms with Gasteiger partial charge in [0.15, 0.2) is 0 Å². The summed E-state index contributed by atoms with van der Waals surface area (Å²) >= 11 is 0. The SMILES string of the molecule is [CH]1/C=C/C/C=C/C=C\CCCCC1. The van der Waals surface area contributed by atoms with Crippen LogP contribution in [-0.4, -0.2) is 0 Å². The van der Waals surface area contributed by atoms with E-state index in [1.807, 2.05) is 0 Å². The summed E-state index contributed by atoms with van der Waals surface area (Å²) < 4.78 is 0. The van der Waals surface area contributed by atoms with Gasteiger partial charge in [-0.15, -0.1) is 0 Å². The summed E-state index contributed by atoms with van der Waals surface area (Å²) in [6.07, 6.45) is 23.0. The van der Waals surface area contributed by atoms with Crippen LogP contribution < -0.4 is 0 Å². The molecule has 13 heavy (non-hydrogen) atoms. The molecule has 1 radical (unpaired) electrons. The van der Waals surface area contributed by atoms with Crippen LogP contribution in [0.3, 0.4) is 0 Å². The second kappa shape index (κ2) is 7.85.